The zero-order valence-electron chi connectivity index (χ0n) is 10.5. The van der Waals surface area contributed by atoms with Gasteiger partial charge >= 0.3 is 0 Å². The molecular weight excluding hydrogens is 262 g/mol. The molecule has 0 saturated heterocycles. The van der Waals surface area contributed by atoms with Crippen molar-refractivity contribution in [3.05, 3.63) is 34.3 Å². The number of benzene rings is 1. The highest BCUT2D eigenvalue weighted by Crippen LogP contribution is 2.19. The Morgan fingerprint density at radius 2 is 2.06 bits per heavy atom. The van der Waals surface area contributed by atoms with Crippen LogP contribution in [0.1, 0.15) is 51.6 Å². The average Bonchev–Trinajstić information content (AvgIpc) is 2.28. The molecule has 0 bridgehead atoms. The van der Waals surface area contributed by atoms with Crippen LogP contribution in [0.5, 0.6) is 0 Å². The zero-order valence-corrected chi connectivity index (χ0v) is 12.0. The number of rotatable bonds is 6. The minimum atomic E-state index is 0.425. The molecule has 0 aliphatic rings. The molecule has 1 aromatic rings. The largest absolute Gasteiger partial charge is 0.307 e. The topological polar surface area (TPSA) is 12.0 Å². The van der Waals surface area contributed by atoms with Crippen LogP contribution in [0.15, 0.2) is 28.7 Å². The maximum Gasteiger partial charge on any atom is 0.0294 e. The van der Waals surface area contributed by atoms with Gasteiger partial charge in [-0.05, 0) is 37.5 Å². The summed E-state index contributed by atoms with van der Waals surface area (Å²) in [6.45, 7) is 6.73. The summed E-state index contributed by atoms with van der Waals surface area (Å²) in [4.78, 5) is 0. The van der Waals surface area contributed by atoms with E-state index in [4.69, 9.17) is 0 Å². The van der Waals surface area contributed by atoms with Gasteiger partial charge in [-0.3, -0.25) is 0 Å². The predicted octanol–water partition coefficient (Wildman–Crippen LogP) is 4.68. The molecule has 1 rings (SSSR count). The molecule has 0 aliphatic carbocycles. The van der Waals surface area contributed by atoms with Crippen LogP contribution in [0.2, 0.25) is 0 Å². The second-order valence-electron chi connectivity index (χ2n) is 4.34. The second-order valence-corrected chi connectivity index (χ2v) is 5.25. The van der Waals surface area contributed by atoms with Crippen LogP contribution in [-0.2, 0) is 0 Å². The monoisotopic (exact) mass is 283 g/mol. The van der Waals surface area contributed by atoms with Gasteiger partial charge in [-0.25, -0.2) is 0 Å². The molecule has 2 atom stereocenters. The van der Waals surface area contributed by atoms with E-state index in [1.807, 2.05) is 0 Å². The molecule has 16 heavy (non-hydrogen) atoms. The Bertz CT molecular complexity index is 311. The first-order valence-corrected chi connectivity index (χ1v) is 6.98. The summed E-state index contributed by atoms with van der Waals surface area (Å²) in [6.07, 6.45) is 3.71. The molecule has 1 unspecified atom stereocenters. The molecule has 1 N–H and O–H groups in total. The van der Waals surface area contributed by atoms with Gasteiger partial charge in [0.1, 0.15) is 0 Å². The first-order chi connectivity index (χ1) is 7.67. The lowest BCUT2D eigenvalue weighted by atomic mass is 10.0. The van der Waals surface area contributed by atoms with Gasteiger partial charge in [0.2, 0.25) is 0 Å². The van der Waals surface area contributed by atoms with Gasteiger partial charge in [-0.1, -0.05) is 48.3 Å². The maximum absolute atomic E-state index is 3.69. The second kappa shape index (κ2) is 7.08. The molecular formula is C14H22BrN. The molecule has 0 radical (unpaired) electrons. The van der Waals surface area contributed by atoms with Gasteiger partial charge in [-0.2, -0.15) is 0 Å². The Morgan fingerprint density at radius 1 is 1.31 bits per heavy atom. The van der Waals surface area contributed by atoms with E-state index in [0.717, 1.165) is 4.47 Å². The van der Waals surface area contributed by atoms with Gasteiger partial charge in [0, 0.05) is 16.6 Å². The number of halogens is 1. The minimum Gasteiger partial charge on any atom is -0.307 e. The Labute approximate surface area is 108 Å². The Morgan fingerprint density at radius 3 is 2.62 bits per heavy atom. The van der Waals surface area contributed by atoms with Crippen molar-refractivity contribution < 1.29 is 0 Å². The standard InChI is InChI=1S/C14H22BrN/c1-4-7-14(5-2)16-11(3)12-8-6-9-13(15)10-12/h6,8-11,14,16H,4-5,7H2,1-3H3/t11-,14?/m1/s1. The van der Waals surface area contributed by atoms with E-state index >= 15 is 0 Å². The molecule has 2 heteroatoms. The van der Waals surface area contributed by atoms with Crippen molar-refractivity contribution in [2.75, 3.05) is 0 Å². The number of nitrogens with one attached hydrogen (secondary N) is 1. The quantitative estimate of drug-likeness (QED) is 0.800. The van der Waals surface area contributed by atoms with Crippen molar-refractivity contribution in [1.29, 1.82) is 0 Å². The summed E-state index contributed by atoms with van der Waals surface area (Å²) in [5.41, 5.74) is 1.35. The molecule has 0 saturated carbocycles. The predicted molar refractivity (Wildman–Crippen MR) is 74.7 cm³/mol. The van der Waals surface area contributed by atoms with Crippen molar-refractivity contribution in [2.24, 2.45) is 0 Å². The van der Waals surface area contributed by atoms with Gasteiger partial charge in [-0.15, -0.1) is 0 Å². The molecule has 1 nitrogen and oxygen atoms in total. The van der Waals surface area contributed by atoms with Crippen LogP contribution in [-0.4, -0.2) is 6.04 Å². The average molecular weight is 284 g/mol. The third kappa shape index (κ3) is 4.26. The lowest BCUT2D eigenvalue weighted by Gasteiger charge is -2.22. The van der Waals surface area contributed by atoms with Crippen LogP contribution in [0, 0.1) is 0 Å². The summed E-state index contributed by atoms with van der Waals surface area (Å²) in [6, 6.07) is 9.60. The molecule has 0 heterocycles. The highest BCUT2D eigenvalue weighted by Gasteiger charge is 2.10. The van der Waals surface area contributed by atoms with Crippen LogP contribution < -0.4 is 5.32 Å². The first kappa shape index (κ1) is 13.7. The van der Waals surface area contributed by atoms with Gasteiger partial charge < -0.3 is 5.32 Å². The first-order valence-electron chi connectivity index (χ1n) is 6.18. The molecule has 90 valence electrons. The maximum atomic E-state index is 3.69. The Hall–Kier alpha value is -0.340. The fraction of sp³-hybridized carbons (Fsp3) is 0.571. The Balaban J connectivity index is 2.60. The summed E-state index contributed by atoms with van der Waals surface area (Å²) in [7, 11) is 0. The lowest BCUT2D eigenvalue weighted by molar-refractivity contribution is 0.417. The summed E-state index contributed by atoms with van der Waals surface area (Å²) in [5, 5.41) is 3.69. The SMILES string of the molecule is CCCC(CC)N[C@H](C)c1cccc(Br)c1. The fourth-order valence-corrected chi connectivity index (χ4v) is 2.40. The normalized spacial score (nSPS) is 14.8. The highest BCUT2D eigenvalue weighted by atomic mass is 79.9. The van der Waals surface area contributed by atoms with E-state index in [1.54, 1.807) is 0 Å². The van der Waals surface area contributed by atoms with Crippen molar-refractivity contribution >= 4 is 15.9 Å². The third-order valence-corrected chi connectivity index (χ3v) is 3.46. The van der Waals surface area contributed by atoms with Gasteiger partial charge in [0.25, 0.3) is 0 Å². The molecule has 0 spiro atoms. The summed E-state index contributed by atoms with van der Waals surface area (Å²) >= 11 is 3.52. The minimum absolute atomic E-state index is 0.425. The zero-order chi connectivity index (χ0) is 12.0. The van der Waals surface area contributed by atoms with E-state index in [2.05, 4.69) is 66.3 Å². The number of hydrogen-bond donors (Lipinski definition) is 1. The number of hydrogen-bond acceptors (Lipinski definition) is 1. The van der Waals surface area contributed by atoms with E-state index in [-0.39, 0.29) is 0 Å². The molecule has 0 aromatic heterocycles. The van der Waals surface area contributed by atoms with Crippen molar-refractivity contribution in [2.45, 2.75) is 52.1 Å². The highest BCUT2D eigenvalue weighted by molar-refractivity contribution is 9.10. The molecule has 0 fully saturated rings. The third-order valence-electron chi connectivity index (χ3n) is 2.96. The van der Waals surface area contributed by atoms with Gasteiger partial charge in [0.05, 0.1) is 0 Å². The summed E-state index contributed by atoms with van der Waals surface area (Å²) in [5.74, 6) is 0. The van der Waals surface area contributed by atoms with Crippen molar-refractivity contribution in [3.63, 3.8) is 0 Å². The van der Waals surface area contributed by atoms with E-state index in [9.17, 15) is 0 Å². The van der Waals surface area contributed by atoms with E-state index < -0.39 is 0 Å². The van der Waals surface area contributed by atoms with Crippen LogP contribution >= 0.6 is 15.9 Å². The van der Waals surface area contributed by atoms with E-state index in [1.165, 1.54) is 24.8 Å². The molecule has 1 aromatic carbocycles. The van der Waals surface area contributed by atoms with E-state index in [0.29, 0.717) is 12.1 Å². The Kier molecular flexibility index (Phi) is 6.07. The van der Waals surface area contributed by atoms with Crippen molar-refractivity contribution in [1.82, 2.24) is 5.32 Å². The summed E-state index contributed by atoms with van der Waals surface area (Å²) < 4.78 is 1.15. The van der Waals surface area contributed by atoms with Crippen LogP contribution in [0.4, 0.5) is 0 Å². The molecule has 0 aliphatic heterocycles. The van der Waals surface area contributed by atoms with Crippen LogP contribution in [0.3, 0.4) is 0 Å². The van der Waals surface area contributed by atoms with Crippen LogP contribution in [0.25, 0.3) is 0 Å². The molecule has 0 amide bonds. The van der Waals surface area contributed by atoms with Crippen molar-refractivity contribution in [3.8, 4) is 0 Å². The van der Waals surface area contributed by atoms with Gasteiger partial charge in [0.15, 0.2) is 0 Å². The smallest absolute Gasteiger partial charge is 0.0294 e. The lowest BCUT2D eigenvalue weighted by Crippen LogP contribution is -2.30. The fourth-order valence-electron chi connectivity index (χ4n) is 1.98.